The van der Waals surface area contributed by atoms with Crippen molar-refractivity contribution < 1.29 is 34.0 Å². The number of pyridine rings is 1. The summed E-state index contributed by atoms with van der Waals surface area (Å²) >= 11 is 0. The number of aliphatic hydroxyl groups excluding tert-OH is 1. The maximum Gasteiger partial charge on any atom is 0.302 e. The molecule has 0 aliphatic heterocycles. The zero-order valence-corrected chi connectivity index (χ0v) is 24.6. The van der Waals surface area contributed by atoms with Gasteiger partial charge in [-0.15, -0.1) is 0 Å². The molecule has 0 bridgehead atoms. The summed E-state index contributed by atoms with van der Waals surface area (Å²) < 4.78 is 16.5. The Morgan fingerprint density at radius 3 is 2.55 bits per heavy atom. The number of carbonyl (C=O) groups excluding carboxylic acids is 2. The van der Waals surface area contributed by atoms with Crippen LogP contribution in [0, 0.1) is 0 Å². The van der Waals surface area contributed by atoms with E-state index in [1.807, 2.05) is 48.5 Å². The van der Waals surface area contributed by atoms with Gasteiger partial charge in [-0.25, -0.2) is 0 Å². The second kappa shape index (κ2) is 16.8. The minimum Gasteiger partial charge on any atom is -0.508 e. The van der Waals surface area contributed by atoms with Gasteiger partial charge in [0.05, 0.1) is 24.9 Å². The fraction of sp³-hybridized carbons (Fsp3) is 0.265. The predicted octanol–water partition coefficient (Wildman–Crippen LogP) is 4.56. The Morgan fingerprint density at radius 1 is 0.932 bits per heavy atom. The van der Waals surface area contributed by atoms with E-state index in [4.69, 9.17) is 14.2 Å². The molecule has 10 heteroatoms. The lowest BCUT2D eigenvalue weighted by Crippen LogP contribution is -2.23. The Kier molecular flexibility index (Phi) is 12.2. The second-order valence-corrected chi connectivity index (χ2v) is 10.1. The van der Waals surface area contributed by atoms with Gasteiger partial charge in [-0.3, -0.25) is 14.6 Å². The number of phenols is 1. The van der Waals surface area contributed by atoms with Crippen molar-refractivity contribution in [3.8, 4) is 11.5 Å². The highest BCUT2D eigenvalue weighted by Gasteiger charge is 2.12. The van der Waals surface area contributed by atoms with Gasteiger partial charge in [0.1, 0.15) is 24.7 Å². The molecule has 0 saturated heterocycles. The molecular weight excluding hydrogens is 562 g/mol. The molecule has 44 heavy (non-hydrogen) atoms. The minimum atomic E-state index is -0.771. The molecule has 0 fully saturated rings. The summed E-state index contributed by atoms with van der Waals surface area (Å²) in [5.41, 5.74) is 4.31. The van der Waals surface area contributed by atoms with Crippen LogP contribution in [-0.4, -0.2) is 53.4 Å². The van der Waals surface area contributed by atoms with Crippen LogP contribution in [0.4, 0.5) is 5.69 Å². The summed E-state index contributed by atoms with van der Waals surface area (Å²) in [6.07, 6.45) is 3.14. The van der Waals surface area contributed by atoms with Crippen LogP contribution in [-0.2, 0) is 33.9 Å². The summed E-state index contributed by atoms with van der Waals surface area (Å²) in [5, 5.41) is 26.6. The number of anilines is 1. The van der Waals surface area contributed by atoms with Crippen LogP contribution in [0.2, 0.25) is 0 Å². The van der Waals surface area contributed by atoms with E-state index >= 15 is 0 Å². The first-order chi connectivity index (χ1) is 21.4. The second-order valence-electron chi connectivity index (χ2n) is 10.1. The van der Waals surface area contributed by atoms with Crippen LogP contribution in [0.5, 0.6) is 11.5 Å². The molecule has 10 nitrogen and oxygen atoms in total. The van der Waals surface area contributed by atoms with Gasteiger partial charge in [0.2, 0.25) is 0 Å². The number of nitrogens with one attached hydrogen (secondary N) is 2. The van der Waals surface area contributed by atoms with E-state index in [1.54, 1.807) is 30.5 Å². The molecule has 1 heterocycles. The van der Waals surface area contributed by atoms with Crippen molar-refractivity contribution in [1.82, 2.24) is 10.3 Å². The normalized spacial score (nSPS) is 11.5. The predicted molar refractivity (Wildman–Crippen MR) is 165 cm³/mol. The zero-order chi connectivity index (χ0) is 31.1. The van der Waals surface area contributed by atoms with Gasteiger partial charge in [0.15, 0.2) is 0 Å². The third kappa shape index (κ3) is 10.5. The first-order valence-corrected chi connectivity index (χ1v) is 14.3. The number of amides is 1. The Hall–Kier alpha value is -4.77. The van der Waals surface area contributed by atoms with Crippen molar-refractivity contribution in [3.05, 3.63) is 119 Å². The molecule has 0 unspecified atom stereocenters. The molecular formula is C34H37N3O7. The van der Waals surface area contributed by atoms with E-state index in [2.05, 4.69) is 15.6 Å². The Bertz CT molecular complexity index is 1500. The lowest BCUT2D eigenvalue weighted by atomic mass is 10.1. The zero-order valence-electron chi connectivity index (χ0n) is 24.6. The monoisotopic (exact) mass is 599 g/mol. The molecule has 0 saturated carbocycles. The Labute approximate surface area is 256 Å². The van der Waals surface area contributed by atoms with E-state index in [-0.39, 0.29) is 18.3 Å². The number of carbonyl (C=O) groups is 2. The minimum absolute atomic E-state index is 0.0157. The average molecular weight is 600 g/mol. The van der Waals surface area contributed by atoms with E-state index in [1.165, 1.54) is 19.2 Å². The standard InChI is InChI=1S/C34H37N3O7/c1-24(38)44-23-29-19-27(9-12-32(29)39)33(40)21-36-15-13-25-7-10-31(11-8-25)43-17-16-42-22-26-4-2-6-30(18-26)37-34(41)28-5-3-14-35-20-28/h2-12,14,18-20,33,36,39-40H,13,15-17,21-23H2,1H3,(H,37,41)/t33-/m0/s1. The van der Waals surface area contributed by atoms with E-state index in [0.717, 1.165) is 23.3 Å². The SMILES string of the molecule is CC(=O)OCc1cc([C@@H](O)CNCCc2ccc(OCCOCc3cccc(NC(=O)c4cccnc4)c3)cc2)ccc1O. The number of aromatic nitrogens is 1. The fourth-order valence-corrected chi connectivity index (χ4v) is 4.30. The Morgan fingerprint density at radius 2 is 1.77 bits per heavy atom. The number of hydrogen-bond acceptors (Lipinski definition) is 9. The first kappa shape index (κ1) is 32.2. The molecule has 230 valence electrons. The lowest BCUT2D eigenvalue weighted by molar-refractivity contribution is -0.142. The molecule has 0 aliphatic carbocycles. The smallest absolute Gasteiger partial charge is 0.302 e. The van der Waals surface area contributed by atoms with Crippen molar-refractivity contribution in [2.45, 2.75) is 32.7 Å². The van der Waals surface area contributed by atoms with Crippen LogP contribution in [0.3, 0.4) is 0 Å². The van der Waals surface area contributed by atoms with Crippen molar-refractivity contribution in [2.24, 2.45) is 0 Å². The first-order valence-electron chi connectivity index (χ1n) is 14.3. The third-order valence-electron chi connectivity index (χ3n) is 6.64. The number of aliphatic hydroxyl groups is 1. The van der Waals surface area contributed by atoms with Gasteiger partial charge in [0, 0.05) is 37.1 Å². The van der Waals surface area contributed by atoms with Gasteiger partial charge < -0.3 is 35.1 Å². The summed E-state index contributed by atoms with van der Waals surface area (Å²) in [5.74, 6) is 0.107. The fourth-order valence-electron chi connectivity index (χ4n) is 4.30. The van der Waals surface area contributed by atoms with Gasteiger partial charge in [-0.2, -0.15) is 0 Å². The largest absolute Gasteiger partial charge is 0.508 e. The van der Waals surface area contributed by atoms with Gasteiger partial charge >= 0.3 is 5.97 Å². The van der Waals surface area contributed by atoms with E-state index in [9.17, 15) is 19.8 Å². The number of nitrogens with zero attached hydrogens (tertiary/aromatic N) is 1. The van der Waals surface area contributed by atoms with Crippen LogP contribution in [0.25, 0.3) is 0 Å². The molecule has 1 aromatic heterocycles. The number of benzene rings is 3. The topological polar surface area (TPSA) is 139 Å². The summed E-state index contributed by atoms with van der Waals surface area (Å²) in [6, 6.07) is 23.5. The summed E-state index contributed by atoms with van der Waals surface area (Å²) in [6.45, 7) is 3.45. The maximum absolute atomic E-state index is 12.3. The number of rotatable bonds is 16. The molecule has 4 N–H and O–H groups in total. The van der Waals surface area contributed by atoms with Crippen molar-refractivity contribution in [1.29, 1.82) is 0 Å². The van der Waals surface area contributed by atoms with Gasteiger partial charge in [-0.1, -0.05) is 30.3 Å². The van der Waals surface area contributed by atoms with Gasteiger partial charge in [-0.05, 0) is 78.2 Å². The molecule has 1 amide bonds. The highest BCUT2D eigenvalue weighted by molar-refractivity contribution is 6.04. The number of hydrogen-bond donors (Lipinski definition) is 4. The van der Waals surface area contributed by atoms with Crippen molar-refractivity contribution >= 4 is 17.6 Å². The van der Waals surface area contributed by atoms with E-state index in [0.29, 0.717) is 55.3 Å². The summed E-state index contributed by atoms with van der Waals surface area (Å²) in [4.78, 5) is 27.4. The van der Waals surface area contributed by atoms with Crippen LogP contribution in [0.15, 0.2) is 91.3 Å². The lowest BCUT2D eigenvalue weighted by Gasteiger charge is -2.14. The van der Waals surface area contributed by atoms with Crippen molar-refractivity contribution in [3.63, 3.8) is 0 Å². The number of aromatic hydroxyl groups is 1. The molecule has 0 aliphatic rings. The highest BCUT2D eigenvalue weighted by atomic mass is 16.5. The molecule has 0 spiro atoms. The quantitative estimate of drug-likeness (QED) is 0.108. The maximum atomic E-state index is 12.3. The van der Waals surface area contributed by atoms with Crippen LogP contribution < -0.4 is 15.4 Å². The number of phenolic OH excluding ortho intramolecular Hbond substituents is 1. The molecule has 4 rings (SSSR count). The highest BCUT2D eigenvalue weighted by Crippen LogP contribution is 2.23. The van der Waals surface area contributed by atoms with Gasteiger partial charge in [0.25, 0.3) is 5.91 Å². The molecule has 3 aromatic carbocycles. The van der Waals surface area contributed by atoms with Crippen LogP contribution >= 0.6 is 0 Å². The molecule has 4 aromatic rings. The average Bonchev–Trinajstić information content (AvgIpc) is 3.03. The summed E-state index contributed by atoms with van der Waals surface area (Å²) in [7, 11) is 0. The Balaban J connectivity index is 1.11. The van der Waals surface area contributed by atoms with Crippen LogP contribution in [0.1, 0.15) is 45.6 Å². The van der Waals surface area contributed by atoms with E-state index < -0.39 is 12.1 Å². The third-order valence-corrected chi connectivity index (χ3v) is 6.64. The molecule has 1 atom stereocenters. The number of ether oxygens (including phenoxy) is 3. The molecule has 0 radical (unpaired) electrons. The van der Waals surface area contributed by atoms with Crippen molar-refractivity contribution in [2.75, 3.05) is 31.6 Å². The number of esters is 1.